The lowest BCUT2D eigenvalue weighted by atomic mass is 10.0. The van der Waals surface area contributed by atoms with Crippen LogP contribution < -0.4 is 14.8 Å². The third-order valence-electron chi connectivity index (χ3n) is 5.61. The minimum absolute atomic E-state index is 0.0266. The number of carbonyl (C=O) groups excluding carboxylic acids is 2. The summed E-state index contributed by atoms with van der Waals surface area (Å²) in [5.74, 6) is 1.34. The summed E-state index contributed by atoms with van der Waals surface area (Å²) >= 11 is 0. The second-order valence-electron chi connectivity index (χ2n) is 8.02. The zero-order valence-electron chi connectivity index (χ0n) is 18.5. The topological polar surface area (TPSA) is 67.9 Å². The van der Waals surface area contributed by atoms with Gasteiger partial charge in [-0.2, -0.15) is 0 Å². The lowest BCUT2D eigenvalue weighted by Gasteiger charge is -2.22. The number of anilines is 1. The average Bonchev–Trinajstić information content (AvgIpc) is 2.81. The number of ether oxygens (including phenoxy) is 2. The highest BCUT2D eigenvalue weighted by Gasteiger charge is 2.18. The first-order valence-electron chi connectivity index (χ1n) is 11.0. The van der Waals surface area contributed by atoms with Crippen LogP contribution in [0.3, 0.4) is 0 Å². The zero-order chi connectivity index (χ0) is 22.5. The smallest absolute Gasteiger partial charge is 0.260 e. The number of hydrogen-bond donors (Lipinski definition) is 1. The summed E-state index contributed by atoms with van der Waals surface area (Å²) < 4.78 is 11.7. The van der Waals surface area contributed by atoms with Gasteiger partial charge < -0.3 is 19.7 Å². The first-order valence-corrected chi connectivity index (χ1v) is 11.0. The molecule has 32 heavy (non-hydrogen) atoms. The fourth-order valence-corrected chi connectivity index (χ4v) is 3.86. The lowest BCUT2D eigenvalue weighted by molar-refractivity contribution is -0.132. The van der Waals surface area contributed by atoms with E-state index in [9.17, 15) is 9.59 Å². The molecule has 0 saturated carbocycles. The maximum Gasteiger partial charge on any atom is 0.260 e. The number of likely N-dealkylation sites (N-methyl/N-ethyl adjacent to an activating group) is 1. The maximum atomic E-state index is 12.8. The Bertz CT molecular complexity index is 1140. The molecular weight excluding hydrogens is 404 g/mol. The molecule has 0 bridgehead atoms. The maximum absolute atomic E-state index is 12.8. The highest BCUT2D eigenvalue weighted by Crippen LogP contribution is 2.30. The molecular formula is C26H28N2O4. The van der Waals surface area contributed by atoms with Gasteiger partial charge in [0.05, 0.1) is 6.61 Å². The van der Waals surface area contributed by atoms with Gasteiger partial charge in [-0.15, -0.1) is 0 Å². The molecule has 6 nitrogen and oxygen atoms in total. The normalized spacial score (nSPS) is 12.8. The van der Waals surface area contributed by atoms with Gasteiger partial charge in [0.1, 0.15) is 11.5 Å². The molecule has 166 valence electrons. The van der Waals surface area contributed by atoms with Crippen LogP contribution in [0.25, 0.3) is 10.8 Å². The molecule has 3 aromatic carbocycles. The van der Waals surface area contributed by atoms with Crippen LogP contribution in [0.4, 0.5) is 5.69 Å². The van der Waals surface area contributed by atoms with Gasteiger partial charge in [-0.1, -0.05) is 37.3 Å². The van der Waals surface area contributed by atoms with Gasteiger partial charge >= 0.3 is 0 Å². The number of nitrogens with one attached hydrogen (secondary N) is 1. The van der Waals surface area contributed by atoms with Crippen LogP contribution in [0.2, 0.25) is 0 Å². The number of fused-ring (bicyclic) bond motifs is 2. The molecule has 3 aromatic rings. The van der Waals surface area contributed by atoms with Gasteiger partial charge in [-0.25, -0.2) is 0 Å². The van der Waals surface area contributed by atoms with Gasteiger partial charge in [-0.05, 0) is 53.4 Å². The Kier molecular flexibility index (Phi) is 6.59. The Hall–Kier alpha value is -3.54. The molecule has 0 aliphatic carbocycles. The largest absolute Gasteiger partial charge is 0.493 e. The van der Waals surface area contributed by atoms with Gasteiger partial charge in [0.15, 0.2) is 6.61 Å². The SMILES string of the molecule is CCCOc1ccc2ccccc2c1CN(C)C(=O)COc1ccc2c(c1)CCC(=O)N2. The number of aryl methyl sites for hydroxylation is 1. The second kappa shape index (κ2) is 9.73. The predicted molar refractivity (Wildman–Crippen MR) is 125 cm³/mol. The van der Waals surface area contributed by atoms with Crippen LogP contribution in [0.5, 0.6) is 11.5 Å². The minimum atomic E-state index is -0.120. The minimum Gasteiger partial charge on any atom is -0.493 e. The van der Waals surface area contributed by atoms with Crippen molar-refractivity contribution in [2.45, 2.75) is 32.7 Å². The van der Waals surface area contributed by atoms with E-state index in [-0.39, 0.29) is 18.4 Å². The molecule has 4 rings (SSSR count). The third-order valence-corrected chi connectivity index (χ3v) is 5.61. The first kappa shape index (κ1) is 21.7. The van der Waals surface area contributed by atoms with E-state index in [4.69, 9.17) is 9.47 Å². The number of rotatable bonds is 8. The molecule has 0 atom stereocenters. The molecule has 1 N–H and O–H groups in total. The van der Waals surface area contributed by atoms with Crippen molar-refractivity contribution in [1.82, 2.24) is 4.90 Å². The molecule has 0 fully saturated rings. The summed E-state index contributed by atoms with van der Waals surface area (Å²) in [7, 11) is 1.78. The van der Waals surface area contributed by atoms with Crippen molar-refractivity contribution in [3.05, 3.63) is 65.7 Å². The number of hydrogen-bond acceptors (Lipinski definition) is 4. The van der Waals surface area contributed by atoms with Crippen LogP contribution in [-0.2, 0) is 22.6 Å². The van der Waals surface area contributed by atoms with Crippen LogP contribution in [0.15, 0.2) is 54.6 Å². The lowest BCUT2D eigenvalue weighted by Crippen LogP contribution is -2.31. The van der Waals surface area contributed by atoms with Crippen molar-refractivity contribution < 1.29 is 19.1 Å². The van der Waals surface area contributed by atoms with E-state index in [2.05, 4.69) is 24.4 Å². The van der Waals surface area contributed by atoms with E-state index in [1.54, 1.807) is 18.0 Å². The molecule has 1 aliphatic rings. The number of benzene rings is 3. The predicted octanol–water partition coefficient (Wildman–Crippen LogP) is 4.55. The highest BCUT2D eigenvalue weighted by molar-refractivity contribution is 5.94. The first-order chi connectivity index (χ1) is 15.5. The quantitative estimate of drug-likeness (QED) is 0.567. The third kappa shape index (κ3) is 4.85. The Morgan fingerprint density at radius 3 is 2.75 bits per heavy atom. The van der Waals surface area contributed by atoms with Crippen LogP contribution in [0.1, 0.15) is 30.9 Å². The summed E-state index contributed by atoms with van der Waals surface area (Å²) in [6, 6.07) is 17.6. The van der Waals surface area contributed by atoms with Gasteiger partial charge in [0.25, 0.3) is 5.91 Å². The van der Waals surface area contributed by atoms with E-state index in [1.165, 1.54) is 0 Å². The summed E-state index contributed by atoms with van der Waals surface area (Å²) in [4.78, 5) is 26.0. The number of amides is 2. The fourth-order valence-electron chi connectivity index (χ4n) is 3.86. The monoisotopic (exact) mass is 432 g/mol. The van der Waals surface area contributed by atoms with Gasteiger partial charge in [0.2, 0.25) is 5.91 Å². The van der Waals surface area contributed by atoms with Crippen LogP contribution in [-0.4, -0.2) is 37.0 Å². The van der Waals surface area contributed by atoms with Crippen molar-refractivity contribution in [1.29, 1.82) is 0 Å². The Morgan fingerprint density at radius 2 is 1.91 bits per heavy atom. The Morgan fingerprint density at radius 1 is 1.06 bits per heavy atom. The Labute approximate surface area is 188 Å². The van der Waals surface area contributed by atoms with Crippen molar-refractivity contribution >= 4 is 28.3 Å². The molecule has 0 radical (unpaired) electrons. The van der Waals surface area contributed by atoms with Crippen LogP contribution >= 0.6 is 0 Å². The van der Waals surface area contributed by atoms with Crippen molar-refractivity contribution in [2.75, 3.05) is 25.6 Å². The molecule has 1 aliphatic heterocycles. The Balaban J connectivity index is 1.45. The summed E-state index contributed by atoms with van der Waals surface area (Å²) in [5.41, 5.74) is 2.83. The molecule has 0 saturated heterocycles. The average molecular weight is 433 g/mol. The summed E-state index contributed by atoms with van der Waals surface area (Å²) in [6.45, 7) is 3.07. The molecule has 0 unspecified atom stereocenters. The summed E-state index contributed by atoms with van der Waals surface area (Å²) in [6.07, 6.45) is 2.05. The van der Waals surface area contributed by atoms with Gasteiger partial charge in [-0.3, -0.25) is 9.59 Å². The molecule has 2 amide bonds. The van der Waals surface area contributed by atoms with E-state index in [1.807, 2.05) is 36.4 Å². The fraction of sp³-hybridized carbons (Fsp3) is 0.308. The molecule has 0 spiro atoms. The van der Waals surface area contributed by atoms with E-state index >= 15 is 0 Å². The van der Waals surface area contributed by atoms with Crippen molar-refractivity contribution in [3.63, 3.8) is 0 Å². The van der Waals surface area contributed by atoms with Crippen molar-refractivity contribution in [3.8, 4) is 11.5 Å². The molecule has 6 heteroatoms. The van der Waals surface area contributed by atoms with Crippen molar-refractivity contribution in [2.24, 2.45) is 0 Å². The van der Waals surface area contributed by atoms with Gasteiger partial charge in [0, 0.05) is 31.3 Å². The van der Waals surface area contributed by atoms with E-state index < -0.39 is 0 Å². The zero-order valence-corrected chi connectivity index (χ0v) is 18.5. The number of nitrogens with zero attached hydrogens (tertiary/aromatic N) is 1. The molecule has 1 heterocycles. The van der Waals surface area contributed by atoms with E-state index in [0.29, 0.717) is 31.7 Å². The highest BCUT2D eigenvalue weighted by atomic mass is 16.5. The number of carbonyl (C=O) groups is 2. The molecule has 0 aromatic heterocycles. The summed E-state index contributed by atoms with van der Waals surface area (Å²) in [5, 5.41) is 5.05. The van der Waals surface area contributed by atoms with E-state index in [0.717, 1.165) is 39.8 Å². The van der Waals surface area contributed by atoms with Crippen LogP contribution in [0, 0.1) is 0 Å². The standard InChI is InChI=1S/C26H28N2O4/c1-3-14-31-24-12-8-18-6-4-5-7-21(18)22(24)16-28(2)26(30)17-32-20-10-11-23-19(15-20)9-13-25(29)27-23/h4-8,10-12,15H,3,9,13-14,16-17H2,1-2H3,(H,27,29). The second-order valence-corrected chi connectivity index (χ2v) is 8.02.